The Balaban J connectivity index is 1.57. The molecular formula is C20H25N3O4. The van der Waals surface area contributed by atoms with Crippen molar-refractivity contribution >= 4 is 5.91 Å². The molecule has 3 heterocycles. The Hall–Kier alpha value is -2.25. The number of morpholine rings is 1. The molecule has 2 aromatic rings. The van der Waals surface area contributed by atoms with Crippen LogP contribution in [0.15, 0.2) is 28.7 Å². The van der Waals surface area contributed by atoms with E-state index in [1.165, 1.54) is 0 Å². The first-order valence-corrected chi connectivity index (χ1v) is 9.53. The van der Waals surface area contributed by atoms with Gasteiger partial charge < -0.3 is 18.8 Å². The van der Waals surface area contributed by atoms with Crippen LogP contribution in [0.3, 0.4) is 0 Å². The van der Waals surface area contributed by atoms with Crippen molar-refractivity contribution in [3.05, 3.63) is 47.2 Å². The Labute approximate surface area is 158 Å². The summed E-state index contributed by atoms with van der Waals surface area (Å²) < 4.78 is 16.9. The molecule has 2 atom stereocenters. The van der Waals surface area contributed by atoms with Crippen LogP contribution in [0, 0.1) is 0 Å². The Morgan fingerprint density at radius 3 is 2.78 bits per heavy atom. The lowest BCUT2D eigenvalue weighted by atomic mass is 9.96. The van der Waals surface area contributed by atoms with Crippen LogP contribution in [-0.4, -0.2) is 54.0 Å². The lowest BCUT2D eigenvalue weighted by Crippen LogP contribution is -2.43. The highest BCUT2D eigenvalue weighted by molar-refractivity contribution is 5.94. The van der Waals surface area contributed by atoms with Crippen LogP contribution in [0.25, 0.3) is 0 Å². The first kappa shape index (κ1) is 18.1. The topological polar surface area (TPSA) is 77.7 Å². The molecule has 7 nitrogen and oxygen atoms in total. The number of nitrogens with zero attached hydrogens (tertiary/aromatic N) is 3. The van der Waals surface area contributed by atoms with Crippen molar-refractivity contribution in [1.29, 1.82) is 0 Å². The molecule has 2 aliphatic rings. The van der Waals surface area contributed by atoms with Crippen molar-refractivity contribution in [3.8, 4) is 0 Å². The summed E-state index contributed by atoms with van der Waals surface area (Å²) in [6.45, 7) is 6.86. The second-order valence-electron chi connectivity index (χ2n) is 7.41. The lowest BCUT2D eigenvalue weighted by molar-refractivity contribution is -0.0107. The highest BCUT2D eigenvalue weighted by Gasteiger charge is 2.33. The minimum Gasteiger partial charge on any atom is -0.423 e. The van der Waals surface area contributed by atoms with Crippen LogP contribution < -0.4 is 0 Å². The van der Waals surface area contributed by atoms with Crippen molar-refractivity contribution in [2.45, 2.75) is 38.1 Å². The second kappa shape index (κ2) is 7.78. The Morgan fingerprint density at radius 2 is 2.04 bits per heavy atom. The highest BCUT2D eigenvalue weighted by atomic mass is 16.5. The zero-order valence-electron chi connectivity index (χ0n) is 15.8. The van der Waals surface area contributed by atoms with E-state index < -0.39 is 0 Å². The monoisotopic (exact) mass is 371 g/mol. The predicted molar refractivity (Wildman–Crippen MR) is 97.6 cm³/mol. The average molecular weight is 371 g/mol. The minimum atomic E-state index is -0.357. The van der Waals surface area contributed by atoms with Gasteiger partial charge in [-0.2, -0.15) is 0 Å². The normalized spacial score (nSPS) is 23.1. The Morgan fingerprint density at radius 1 is 1.19 bits per heavy atom. The molecule has 0 radical (unpaired) electrons. The molecule has 0 N–H and O–H groups in total. The third-order valence-electron chi connectivity index (χ3n) is 5.16. The first-order valence-electron chi connectivity index (χ1n) is 9.53. The Kier molecular flexibility index (Phi) is 5.22. The van der Waals surface area contributed by atoms with Crippen LogP contribution in [0.5, 0.6) is 0 Å². The van der Waals surface area contributed by atoms with Crippen LogP contribution >= 0.6 is 0 Å². The van der Waals surface area contributed by atoms with Gasteiger partial charge in [-0.25, -0.2) is 0 Å². The summed E-state index contributed by atoms with van der Waals surface area (Å²) in [4.78, 5) is 15.0. The summed E-state index contributed by atoms with van der Waals surface area (Å²) in [5, 5.41) is 8.26. The average Bonchev–Trinajstić information content (AvgIpc) is 3.39. The number of carbonyl (C=O) groups is 1. The minimum absolute atomic E-state index is 0.0339. The van der Waals surface area contributed by atoms with E-state index in [0.29, 0.717) is 43.0 Å². The van der Waals surface area contributed by atoms with Gasteiger partial charge in [-0.15, -0.1) is 10.2 Å². The molecular weight excluding hydrogens is 346 g/mol. The first-order chi connectivity index (χ1) is 13.1. The molecule has 2 aliphatic heterocycles. The maximum atomic E-state index is 13.2. The summed E-state index contributed by atoms with van der Waals surface area (Å²) in [5.74, 6) is 1.49. The molecule has 0 saturated carbocycles. The van der Waals surface area contributed by atoms with Crippen LogP contribution in [0.4, 0.5) is 0 Å². The summed E-state index contributed by atoms with van der Waals surface area (Å²) in [6, 6.07) is 7.51. The van der Waals surface area contributed by atoms with Crippen molar-refractivity contribution in [3.63, 3.8) is 0 Å². The number of aromatic nitrogens is 2. The molecule has 1 aromatic carbocycles. The maximum absolute atomic E-state index is 13.2. The van der Waals surface area contributed by atoms with Crippen molar-refractivity contribution in [2.75, 3.05) is 33.0 Å². The highest BCUT2D eigenvalue weighted by Crippen LogP contribution is 2.29. The smallest absolute Gasteiger partial charge is 0.254 e. The molecule has 1 amide bonds. The van der Waals surface area contributed by atoms with E-state index in [4.69, 9.17) is 13.9 Å². The van der Waals surface area contributed by atoms with E-state index in [1.807, 2.05) is 32.0 Å². The zero-order chi connectivity index (χ0) is 18.8. The van der Waals surface area contributed by atoms with Crippen molar-refractivity contribution in [2.24, 2.45) is 0 Å². The molecule has 2 unspecified atom stereocenters. The van der Waals surface area contributed by atoms with Gasteiger partial charge in [0.1, 0.15) is 6.04 Å². The van der Waals surface area contributed by atoms with Gasteiger partial charge in [0.05, 0.1) is 19.8 Å². The second-order valence-corrected chi connectivity index (χ2v) is 7.41. The molecule has 7 heteroatoms. The fraction of sp³-hybridized carbons (Fsp3) is 0.550. The Bertz CT molecular complexity index is 798. The summed E-state index contributed by atoms with van der Waals surface area (Å²) in [5.41, 5.74) is 1.83. The standard InChI is InChI=1S/C20H25N3O4/c1-13(2)18-21-22-19(27-18)17-12-26-9-7-23(17)20(24)15-5-3-4-14(10-15)16-6-8-25-11-16/h3-5,10,13,16-17H,6-9,11-12H2,1-2H3. The van der Waals surface area contributed by atoms with Crippen molar-refractivity contribution in [1.82, 2.24) is 15.1 Å². The molecule has 2 fully saturated rings. The number of carbonyl (C=O) groups excluding carboxylic acids is 1. The van der Waals surface area contributed by atoms with Gasteiger partial charge in [-0.05, 0) is 24.1 Å². The zero-order valence-corrected chi connectivity index (χ0v) is 15.8. The van der Waals surface area contributed by atoms with Gasteiger partial charge in [-0.1, -0.05) is 26.0 Å². The predicted octanol–water partition coefficient (Wildman–Crippen LogP) is 2.91. The van der Waals surface area contributed by atoms with Gasteiger partial charge in [0.2, 0.25) is 11.8 Å². The molecule has 144 valence electrons. The summed E-state index contributed by atoms with van der Waals surface area (Å²) in [7, 11) is 0. The molecule has 0 spiro atoms. The molecule has 4 rings (SSSR count). The fourth-order valence-corrected chi connectivity index (χ4v) is 3.55. The number of hydrogen-bond donors (Lipinski definition) is 0. The van der Waals surface area contributed by atoms with E-state index in [9.17, 15) is 4.79 Å². The van der Waals surface area contributed by atoms with E-state index in [0.717, 1.165) is 25.2 Å². The van der Waals surface area contributed by atoms with Crippen LogP contribution in [0.1, 0.15) is 65.8 Å². The molecule has 0 bridgehead atoms. The third-order valence-corrected chi connectivity index (χ3v) is 5.16. The quantitative estimate of drug-likeness (QED) is 0.822. The summed E-state index contributed by atoms with van der Waals surface area (Å²) >= 11 is 0. The summed E-state index contributed by atoms with van der Waals surface area (Å²) in [6.07, 6.45) is 0.998. The number of ether oxygens (including phenoxy) is 2. The van der Waals surface area contributed by atoms with Gasteiger partial charge in [0.25, 0.3) is 5.91 Å². The number of benzene rings is 1. The molecule has 27 heavy (non-hydrogen) atoms. The van der Waals surface area contributed by atoms with Gasteiger partial charge in [0.15, 0.2) is 0 Å². The maximum Gasteiger partial charge on any atom is 0.254 e. The van der Waals surface area contributed by atoms with E-state index in [-0.39, 0.29) is 17.9 Å². The van der Waals surface area contributed by atoms with E-state index in [1.54, 1.807) is 4.90 Å². The SMILES string of the molecule is CC(C)c1nnc(C2COCCN2C(=O)c2cccc(C3CCOC3)c2)o1. The van der Waals surface area contributed by atoms with E-state index >= 15 is 0 Å². The number of amides is 1. The third kappa shape index (κ3) is 3.75. The lowest BCUT2D eigenvalue weighted by Gasteiger charge is -2.33. The van der Waals surface area contributed by atoms with E-state index in [2.05, 4.69) is 16.3 Å². The largest absolute Gasteiger partial charge is 0.423 e. The van der Waals surface area contributed by atoms with Gasteiger partial charge >= 0.3 is 0 Å². The van der Waals surface area contributed by atoms with Gasteiger partial charge in [0, 0.05) is 30.6 Å². The molecule has 0 aliphatic carbocycles. The number of hydrogen-bond acceptors (Lipinski definition) is 6. The molecule has 2 saturated heterocycles. The van der Waals surface area contributed by atoms with Gasteiger partial charge in [-0.3, -0.25) is 4.79 Å². The van der Waals surface area contributed by atoms with Crippen LogP contribution in [-0.2, 0) is 9.47 Å². The number of rotatable bonds is 4. The van der Waals surface area contributed by atoms with Crippen molar-refractivity contribution < 1.29 is 18.7 Å². The fourth-order valence-electron chi connectivity index (χ4n) is 3.55. The van der Waals surface area contributed by atoms with Crippen LogP contribution in [0.2, 0.25) is 0 Å². The molecule has 1 aromatic heterocycles.